The van der Waals surface area contributed by atoms with E-state index in [0.29, 0.717) is 23.8 Å². The van der Waals surface area contributed by atoms with E-state index in [1.54, 1.807) is 18.2 Å². The van der Waals surface area contributed by atoms with Gasteiger partial charge in [0.25, 0.3) is 11.1 Å². The molecule has 0 N–H and O–H groups in total. The monoisotopic (exact) mass is 573 g/mol. The number of rotatable bonds is 8. The molecule has 0 spiro atoms. The van der Waals surface area contributed by atoms with Gasteiger partial charge in [0.15, 0.2) is 0 Å². The fraction of sp³-hybridized carbons (Fsp3) is 0.154. The van der Waals surface area contributed by atoms with Crippen molar-refractivity contribution >= 4 is 51.6 Å². The molecule has 0 aromatic heterocycles. The lowest BCUT2D eigenvalue weighted by Gasteiger charge is -2.12. The van der Waals surface area contributed by atoms with Gasteiger partial charge in [0, 0.05) is 6.54 Å². The van der Waals surface area contributed by atoms with Crippen LogP contribution >= 0.6 is 34.4 Å². The van der Waals surface area contributed by atoms with Gasteiger partial charge < -0.3 is 4.74 Å². The van der Waals surface area contributed by atoms with Crippen molar-refractivity contribution in [2.45, 2.75) is 19.4 Å². The molecule has 0 atom stereocenters. The number of ether oxygens (including phenoxy) is 1. The SMILES string of the molecule is O=C1S/C(=C/c2ccc(OCc3ccc(F)cc3)c(I)c2)C(=O)N1CCCc1ccccc1. The molecule has 4 rings (SSSR count). The van der Waals surface area contributed by atoms with Gasteiger partial charge in [-0.15, -0.1) is 0 Å². The molecule has 0 aliphatic carbocycles. The van der Waals surface area contributed by atoms with E-state index in [0.717, 1.165) is 39.3 Å². The van der Waals surface area contributed by atoms with Crippen molar-refractivity contribution in [3.05, 3.63) is 104 Å². The summed E-state index contributed by atoms with van der Waals surface area (Å²) in [5, 5.41) is -0.228. The number of imide groups is 1. The lowest BCUT2D eigenvalue weighted by molar-refractivity contribution is -0.122. The number of carbonyl (C=O) groups excluding carboxylic acids is 2. The van der Waals surface area contributed by atoms with Gasteiger partial charge in [-0.1, -0.05) is 48.5 Å². The average Bonchev–Trinajstić information content (AvgIpc) is 3.07. The molecule has 1 saturated heterocycles. The third kappa shape index (κ3) is 6.23. The molecule has 7 heteroatoms. The topological polar surface area (TPSA) is 46.6 Å². The predicted molar refractivity (Wildman–Crippen MR) is 137 cm³/mol. The normalized spacial score (nSPS) is 14.8. The summed E-state index contributed by atoms with van der Waals surface area (Å²) < 4.78 is 19.8. The number of carbonyl (C=O) groups is 2. The summed E-state index contributed by atoms with van der Waals surface area (Å²) in [5.41, 5.74) is 2.89. The van der Waals surface area contributed by atoms with E-state index in [-0.39, 0.29) is 17.0 Å². The van der Waals surface area contributed by atoms with Crippen molar-refractivity contribution in [1.29, 1.82) is 0 Å². The molecule has 0 bridgehead atoms. The molecule has 2 amide bonds. The first kappa shape index (κ1) is 23.5. The Bertz CT molecular complexity index is 1180. The maximum atomic E-state index is 13.0. The van der Waals surface area contributed by atoms with Crippen molar-refractivity contribution in [2.24, 2.45) is 0 Å². The van der Waals surface area contributed by atoms with Crippen molar-refractivity contribution in [3.63, 3.8) is 0 Å². The molecule has 0 unspecified atom stereocenters. The Kier molecular flexibility index (Phi) is 7.82. The van der Waals surface area contributed by atoms with Crippen LogP contribution in [0, 0.1) is 9.39 Å². The van der Waals surface area contributed by atoms with E-state index >= 15 is 0 Å². The fourth-order valence-electron chi connectivity index (χ4n) is 3.40. The minimum Gasteiger partial charge on any atom is -0.488 e. The first-order valence-corrected chi connectivity index (χ1v) is 12.4. The van der Waals surface area contributed by atoms with Crippen LogP contribution in [0.2, 0.25) is 0 Å². The Morgan fingerprint density at radius 2 is 1.73 bits per heavy atom. The smallest absolute Gasteiger partial charge is 0.293 e. The molecule has 4 nitrogen and oxygen atoms in total. The van der Waals surface area contributed by atoms with Gasteiger partial charge in [0.05, 0.1) is 8.48 Å². The van der Waals surface area contributed by atoms with E-state index in [4.69, 9.17) is 4.74 Å². The van der Waals surface area contributed by atoms with Gasteiger partial charge >= 0.3 is 0 Å². The van der Waals surface area contributed by atoms with E-state index in [9.17, 15) is 14.0 Å². The number of benzene rings is 3. The van der Waals surface area contributed by atoms with Gasteiger partial charge in [0.1, 0.15) is 18.2 Å². The minimum atomic E-state index is -0.279. The zero-order valence-electron chi connectivity index (χ0n) is 17.7. The van der Waals surface area contributed by atoms with Crippen LogP contribution in [0.5, 0.6) is 5.75 Å². The number of thioether (sulfide) groups is 1. The maximum Gasteiger partial charge on any atom is 0.293 e. The van der Waals surface area contributed by atoms with Crippen LogP contribution in [0.1, 0.15) is 23.1 Å². The number of amides is 2. The van der Waals surface area contributed by atoms with Crippen molar-refractivity contribution < 1.29 is 18.7 Å². The molecule has 1 aliphatic heterocycles. The van der Waals surface area contributed by atoms with E-state index < -0.39 is 0 Å². The van der Waals surface area contributed by atoms with Crippen LogP contribution < -0.4 is 4.74 Å². The summed E-state index contributed by atoms with van der Waals surface area (Å²) in [4.78, 5) is 26.9. The van der Waals surface area contributed by atoms with Crippen LogP contribution in [-0.4, -0.2) is 22.6 Å². The van der Waals surface area contributed by atoms with Crippen LogP contribution in [0.15, 0.2) is 77.7 Å². The van der Waals surface area contributed by atoms with Crippen LogP contribution in [0.25, 0.3) is 6.08 Å². The highest BCUT2D eigenvalue weighted by Gasteiger charge is 2.34. The van der Waals surface area contributed by atoms with Crippen LogP contribution in [0.4, 0.5) is 9.18 Å². The molecule has 33 heavy (non-hydrogen) atoms. The highest BCUT2D eigenvalue weighted by Crippen LogP contribution is 2.33. The molecular formula is C26H21FINO3S. The molecule has 1 heterocycles. The summed E-state index contributed by atoms with van der Waals surface area (Å²) >= 11 is 3.15. The standard InChI is InChI=1S/C26H21FINO3S/c27-21-11-8-19(9-12-21)17-32-23-13-10-20(15-22(23)28)16-24-25(30)29(26(31)33-24)14-4-7-18-5-2-1-3-6-18/h1-3,5-6,8-13,15-16H,4,7,14,17H2/b24-16+. The highest BCUT2D eigenvalue weighted by molar-refractivity contribution is 14.1. The maximum absolute atomic E-state index is 13.0. The van der Waals surface area contributed by atoms with Gasteiger partial charge in [-0.05, 0) is 94.2 Å². The number of nitrogens with zero attached hydrogens (tertiary/aromatic N) is 1. The van der Waals surface area contributed by atoms with Gasteiger partial charge in [-0.25, -0.2) is 4.39 Å². The van der Waals surface area contributed by atoms with Gasteiger partial charge in [-0.2, -0.15) is 0 Å². The highest BCUT2D eigenvalue weighted by atomic mass is 127. The average molecular weight is 573 g/mol. The molecular weight excluding hydrogens is 552 g/mol. The summed E-state index contributed by atoms with van der Waals surface area (Å²) in [6.45, 7) is 0.738. The number of hydrogen-bond acceptors (Lipinski definition) is 4. The first-order valence-electron chi connectivity index (χ1n) is 10.5. The number of hydrogen-bond donors (Lipinski definition) is 0. The lowest BCUT2D eigenvalue weighted by Crippen LogP contribution is -2.29. The molecule has 3 aromatic carbocycles. The Balaban J connectivity index is 1.36. The molecule has 0 radical (unpaired) electrons. The fourth-order valence-corrected chi connectivity index (χ4v) is 4.96. The van der Waals surface area contributed by atoms with Crippen molar-refractivity contribution in [1.82, 2.24) is 4.90 Å². The number of halogens is 2. The zero-order valence-corrected chi connectivity index (χ0v) is 20.6. The van der Waals surface area contributed by atoms with Crippen molar-refractivity contribution in [3.8, 4) is 5.75 Å². The summed E-state index contributed by atoms with van der Waals surface area (Å²) in [6.07, 6.45) is 3.29. The minimum absolute atomic E-state index is 0.228. The van der Waals surface area contributed by atoms with E-state index in [1.165, 1.54) is 22.6 Å². The van der Waals surface area contributed by atoms with Gasteiger partial charge in [-0.3, -0.25) is 14.5 Å². The second kappa shape index (κ2) is 11.0. The summed E-state index contributed by atoms with van der Waals surface area (Å²) in [7, 11) is 0. The third-order valence-electron chi connectivity index (χ3n) is 5.12. The Morgan fingerprint density at radius 3 is 2.45 bits per heavy atom. The number of aryl methyl sites for hydroxylation is 1. The second-order valence-corrected chi connectivity index (χ2v) is 9.68. The second-order valence-electron chi connectivity index (χ2n) is 7.53. The Labute approximate surface area is 210 Å². The van der Waals surface area contributed by atoms with Crippen LogP contribution in [-0.2, 0) is 17.8 Å². The lowest BCUT2D eigenvalue weighted by atomic mass is 10.1. The zero-order chi connectivity index (χ0) is 23.2. The summed E-state index contributed by atoms with van der Waals surface area (Å²) in [5.74, 6) is 0.175. The molecule has 1 aliphatic rings. The van der Waals surface area contributed by atoms with Crippen molar-refractivity contribution in [2.75, 3.05) is 6.54 Å². The largest absolute Gasteiger partial charge is 0.488 e. The van der Waals surface area contributed by atoms with E-state index in [1.807, 2.05) is 48.5 Å². The predicted octanol–water partition coefficient (Wildman–Crippen LogP) is 6.68. The quantitative estimate of drug-likeness (QED) is 0.223. The van der Waals surface area contributed by atoms with Crippen LogP contribution in [0.3, 0.4) is 0 Å². The molecule has 0 saturated carbocycles. The van der Waals surface area contributed by atoms with Gasteiger partial charge in [0.2, 0.25) is 0 Å². The summed E-state index contributed by atoms with van der Waals surface area (Å²) in [6, 6.07) is 21.8. The molecule has 168 valence electrons. The Morgan fingerprint density at radius 1 is 0.970 bits per heavy atom. The first-order chi connectivity index (χ1) is 16.0. The van der Waals surface area contributed by atoms with E-state index in [2.05, 4.69) is 22.6 Å². The third-order valence-corrected chi connectivity index (χ3v) is 6.88. The molecule has 3 aromatic rings. The molecule has 1 fully saturated rings. The Hall–Kier alpha value is -2.65.